The second-order valence-electron chi connectivity index (χ2n) is 5.11. The van der Waals surface area contributed by atoms with Gasteiger partial charge in [-0.15, -0.1) is 0 Å². The molecule has 0 saturated carbocycles. The Labute approximate surface area is 131 Å². The van der Waals surface area contributed by atoms with E-state index in [9.17, 15) is 14.9 Å². The number of nitrogens with zero attached hydrogens (tertiary/aromatic N) is 2. The highest BCUT2D eigenvalue weighted by Gasteiger charge is 2.29. The van der Waals surface area contributed by atoms with E-state index in [2.05, 4.69) is 0 Å². The molecule has 8 heteroatoms. The summed E-state index contributed by atoms with van der Waals surface area (Å²) in [6, 6.07) is 2.35. The van der Waals surface area contributed by atoms with Crippen LogP contribution in [-0.2, 0) is 0 Å². The van der Waals surface area contributed by atoms with E-state index in [1.807, 2.05) is 25.6 Å². The Hall–Kier alpha value is -1.47. The number of thioether (sulfide) groups is 1. The lowest BCUT2D eigenvalue weighted by molar-refractivity contribution is -0.384. The van der Waals surface area contributed by atoms with Gasteiger partial charge in [-0.3, -0.25) is 14.9 Å². The van der Waals surface area contributed by atoms with Crippen molar-refractivity contribution in [2.75, 3.05) is 18.8 Å². The number of non-ortho nitro benzene ring substituents is 1. The van der Waals surface area contributed by atoms with E-state index in [1.165, 1.54) is 6.07 Å². The number of hydrogen-bond acceptors (Lipinski definition) is 5. The van der Waals surface area contributed by atoms with Crippen molar-refractivity contribution < 1.29 is 9.72 Å². The van der Waals surface area contributed by atoms with Crippen LogP contribution in [0.1, 0.15) is 24.2 Å². The molecule has 1 aromatic rings. The number of rotatable bonds is 2. The van der Waals surface area contributed by atoms with Crippen LogP contribution < -0.4 is 5.73 Å². The fraction of sp³-hybridized carbons (Fsp3) is 0.462. The SMILES string of the molecule is CC1CN(C(=O)c2cc([N+](=O)[O-])cc(Cl)c2N)CC(C)S1. The zero-order chi connectivity index (χ0) is 15.7. The number of hydrogen-bond donors (Lipinski definition) is 1. The highest BCUT2D eigenvalue weighted by Crippen LogP contribution is 2.31. The molecule has 114 valence electrons. The molecule has 6 nitrogen and oxygen atoms in total. The molecule has 1 aromatic carbocycles. The van der Waals surface area contributed by atoms with E-state index >= 15 is 0 Å². The Kier molecular flexibility index (Phi) is 4.63. The third-order valence-electron chi connectivity index (χ3n) is 3.26. The largest absolute Gasteiger partial charge is 0.397 e. The van der Waals surface area contributed by atoms with Gasteiger partial charge in [0.15, 0.2) is 0 Å². The summed E-state index contributed by atoms with van der Waals surface area (Å²) < 4.78 is 0. The van der Waals surface area contributed by atoms with Crippen molar-refractivity contribution in [2.24, 2.45) is 0 Å². The number of nitro benzene ring substituents is 1. The molecule has 0 radical (unpaired) electrons. The Morgan fingerprint density at radius 2 is 2.00 bits per heavy atom. The summed E-state index contributed by atoms with van der Waals surface area (Å²) in [6.45, 7) is 5.27. The van der Waals surface area contributed by atoms with Crippen LogP contribution in [0.5, 0.6) is 0 Å². The van der Waals surface area contributed by atoms with E-state index in [1.54, 1.807) is 4.90 Å². The zero-order valence-corrected chi connectivity index (χ0v) is 13.3. The van der Waals surface area contributed by atoms with Gasteiger partial charge in [0.1, 0.15) is 0 Å². The van der Waals surface area contributed by atoms with E-state index < -0.39 is 4.92 Å². The lowest BCUT2D eigenvalue weighted by atomic mass is 10.1. The summed E-state index contributed by atoms with van der Waals surface area (Å²) in [5.41, 5.74) is 5.78. The predicted molar refractivity (Wildman–Crippen MR) is 84.9 cm³/mol. The number of amides is 1. The van der Waals surface area contributed by atoms with Crippen LogP contribution in [0.3, 0.4) is 0 Å². The van der Waals surface area contributed by atoms with E-state index in [-0.39, 0.29) is 27.9 Å². The van der Waals surface area contributed by atoms with Crippen molar-refractivity contribution >= 4 is 40.6 Å². The molecule has 1 heterocycles. The topological polar surface area (TPSA) is 89.5 Å². The number of nitrogen functional groups attached to an aromatic ring is 1. The van der Waals surface area contributed by atoms with Crippen LogP contribution in [0, 0.1) is 10.1 Å². The maximum Gasteiger partial charge on any atom is 0.271 e. The van der Waals surface area contributed by atoms with Gasteiger partial charge in [0.05, 0.1) is 21.2 Å². The van der Waals surface area contributed by atoms with Gasteiger partial charge in [-0.2, -0.15) is 11.8 Å². The van der Waals surface area contributed by atoms with E-state index in [0.717, 1.165) is 6.07 Å². The fourth-order valence-corrected chi connectivity index (χ4v) is 3.94. The van der Waals surface area contributed by atoms with Crippen LogP contribution in [-0.4, -0.2) is 39.3 Å². The maximum atomic E-state index is 12.6. The third-order valence-corrected chi connectivity index (χ3v) is 4.80. The quantitative estimate of drug-likeness (QED) is 0.512. The molecule has 1 aliphatic heterocycles. The minimum atomic E-state index is -0.584. The fourth-order valence-electron chi connectivity index (χ4n) is 2.40. The minimum absolute atomic E-state index is 0.0278. The van der Waals surface area contributed by atoms with Crippen LogP contribution in [0.25, 0.3) is 0 Å². The molecule has 0 aromatic heterocycles. The molecule has 1 saturated heterocycles. The van der Waals surface area contributed by atoms with Crippen LogP contribution in [0.4, 0.5) is 11.4 Å². The summed E-state index contributed by atoms with van der Waals surface area (Å²) in [5, 5.41) is 11.6. The summed E-state index contributed by atoms with van der Waals surface area (Å²) in [6.07, 6.45) is 0. The molecule has 1 fully saturated rings. The number of benzene rings is 1. The van der Waals surface area contributed by atoms with Crippen molar-refractivity contribution in [1.29, 1.82) is 0 Å². The van der Waals surface area contributed by atoms with E-state index in [0.29, 0.717) is 23.6 Å². The maximum absolute atomic E-state index is 12.6. The Balaban J connectivity index is 2.36. The average Bonchev–Trinajstić information content (AvgIpc) is 2.39. The molecule has 0 bridgehead atoms. The molecule has 21 heavy (non-hydrogen) atoms. The summed E-state index contributed by atoms with van der Waals surface area (Å²) in [4.78, 5) is 24.6. The number of halogens is 1. The third kappa shape index (κ3) is 3.41. The van der Waals surface area contributed by atoms with Crippen molar-refractivity contribution in [2.45, 2.75) is 24.3 Å². The van der Waals surface area contributed by atoms with Crippen LogP contribution >= 0.6 is 23.4 Å². The first-order valence-electron chi connectivity index (χ1n) is 6.47. The molecule has 2 N–H and O–H groups in total. The number of carbonyl (C=O) groups is 1. The second kappa shape index (κ2) is 6.11. The van der Waals surface area contributed by atoms with Crippen molar-refractivity contribution in [3.8, 4) is 0 Å². The lowest BCUT2D eigenvalue weighted by Crippen LogP contribution is -2.44. The van der Waals surface area contributed by atoms with E-state index in [4.69, 9.17) is 17.3 Å². The Morgan fingerprint density at radius 3 is 2.52 bits per heavy atom. The molecule has 1 amide bonds. The highest BCUT2D eigenvalue weighted by atomic mass is 35.5. The first-order chi connectivity index (χ1) is 9.79. The normalized spacial score (nSPS) is 22.1. The Morgan fingerprint density at radius 1 is 1.43 bits per heavy atom. The van der Waals surface area contributed by atoms with Crippen molar-refractivity contribution in [3.63, 3.8) is 0 Å². The summed E-state index contributed by atoms with van der Waals surface area (Å²) in [7, 11) is 0. The van der Waals surface area contributed by atoms with Gasteiger partial charge in [0, 0.05) is 35.7 Å². The van der Waals surface area contributed by atoms with Crippen LogP contribution in [0.2, 0.25) is 5.02 Å². The second-order valence-corrected chi connectivity index (χ2v) is 7.40. The van der Waals surface area contributed by atoms with Crippen LogP contribution in [0.15, 0.2) is 12.1 Å². The van der Waals surface area contributed by atoms with Gasteiger partial charge in [0.25, 0.3) is 11.6 Å². The predicted octanol–water partition coefficient (Wildman–Crippen LogP) is 2.80. The standard InChI is InChI=1S/C13H16ClN3O3S/c1-7-5-16(6-8(2)21-7)13(18)10-3-9(17(19)20)4-11(14)12(10)15/h3-4,7-8H,5-6,15H2,1-2H3. The Bertz CT molecular complexity index is 586. The first-order valence-corrected chi connectivity index (χ1v) is 7.79. The molecular formula is C13H16ClN3O3S. The van der Waals surface area contributed by atoms with Gasteiger partial charge in [-0.1, -0.05) is 25.4 Å². The average molecular weight is 330 g/mol. The smallest absolute Gasteiger partial charge is 0.271 e. The molecule has 2 rings (SSSR count). The number of anilines is 1. The highest BCUT2D eigenvalue weighted by molar-refractivity contribution is 8.00. The number of nitro groups is 1. The molecule has 1 aliphatic rings. The molecule has 0 spiro atoms. The van der Waals surface area contributed by atoms with Crippen molar-refractivity contribution in [1.82, 2.24) is 4.90 Å². The van der Waals surface area contributed by atoms with Gasteiger partial charge < -0.3 is 10.6 Å². The number of carbonyl (C=O) groups excluding carboxylic acids is 1. The summed E-state index contributed by atoms with van der Waals surface area (Å²) >= 11 is 7.71. The molecule has 0 aliphatic carbocycles. The molecule has 2 unspecified atom stereocenters. The molecular weight excluding hydrogens is 314 g/mol. The van der Waals surface area contributed by atoms with Crippen molar-refractivity contribution in [3.05, 3.63) is 32.8 Å². The first kappa shape index (κ1) is 15.9. The monoisotopic (exact) mass is 329 g/mol. The molecule has 2 atom stereocenters. The lowest BCUT2D eigenvalue weighted by Gasteiger charge is -2.34. The van der Waals surface area contributed by atoms with Gasteiger partial charge in [-0.05, 0) is 0 Å². The van der Waals surface area contributed by atoms with Gasteiger partial charge in [0.2, 0.25) is 0 Å². The van der Waals surface area contributed by atoms with Gasteiger partial charge in [-0.25, -0.2) is 0 Å². The van der Waals surface area contributed by atoms with Gasteiger partial charge >= 0.3 is 0 Å². The minimum Gasteiger partial charge on any atom is -0.397 e. The summed E-state index contributed by atoms with van der Waals surface area (Å²) in [5.74, 6) is -0.308. The number of nitrogens with two attached hydrogens (primary N) is 1. The zero-order valence-electron chi connectivity index (χ0n) is 11.7.